The molecule has 146 valence electrons. The Kier molecular flexibility index (Phi) is 5.78. The van der Waals surface area contributed by atoms with E-state index in [1.54, 1.807) is 36.1 Å². The first-order valence-corrected chi connectivity index (χ1v) is 9.32. The van der Waals surface area contributed by atoms with Gasteiger partial charge in [-0.1, -0.05) is 30.3 Å². The van der Waals surface area contributed by atoms with Crippen LogP contribution in [0.5, 0.6) is 0 Å². The molecule has 6 nitrogen and oxygen atoms in total. The Labute approximate surface area is 164 Å². The highest BCUT2D eigenvalue weighted by molar-refractivity contribution is 5.99. The summed E-state index contributed by atoms with van der Waals surface area (Å²) in [4.78, 5) is 37.9. The molecule has 2 aromatic rings. The molecule has 0 radical (unpaired) electrons. The molecule has 1 aliphatic heterocycles. The molecule has 2 amide bonds. The summed E-state index contributed by atoms with van der Waals surface area (Å²) in [5, 5.41) is 2.67. The number of anilines is 2. The van der Waals surface area contributed by atoms with Crippen molar-refractivity contribution < 1.29 is 19.1 Å². The third kappa shape index (κ3) is 4.39. The monoisotopic (exact) mass is 380 g/mol. The first-order valence-electron chi connectivity index (χ1n) is 9.32. The second-order valence-corrected chi connectivity index (χ2v) is 7.08. The number of nitrogens with one attached hydrogen (secondary N) is 1. The van der Waals surface area contributed by atoms with Gasteiger partial charge in [0.25, 0.3) is 5.91 Å². The number of hydrogen-bond donors (Lipinski definition) is 1. The van der Waals surface area contributed by atoms with Gasteiger partial charge in [0.15, 0.2) is 6.10 Å². The van der Waals surface area contributed by atoms with Crippen LogP contribution in [0.4, 0.5) is 11.4 Å². The van der Waals surface area contributed by atoms with E-state index in [0.29, 0.717) is 5.69 Å². The van der Waals surface area contributed by atoms with Gasteiger partial charge < -0.3 is 15.0 Å². The summed E-state index contributed by atoms with van der Waals surface area (Å²) in [6, 6.07) is 14.8. The average Bonchev–Trinajstić information content (AvgIpc) is 2.97. The number of esters is 1. The van der Waals surface area contributed by atoms with Gasteiger partial charge >= 0.3 is 5.97 Å². The number of hydrogen-bond acceptors (Lipinski definition) is 4. The molecule has 0 aromatic heterocycles. The maximum Gasteiger partial charge on any atom is 0.311 e. The van der Waals surface area contributed by atoms with E-state index in [1.807, 2.05) is 31.2 Å². The lowest BCUT2D eigenvalue weighted by Gasteiger charge is -2.26. The molecular formula is C22H24N2O4. The molecule has 6 heteroatoms. The molecule has 0 saturated heterocycles. The molecule has 1 heterocycles. The van der Waals surface area contributed by atoms with E-state index in [2.05, 4.69) is 5.32 Å². The highest BCUT2D eigenvalue weighted by Gasteiger charge is 2.34. The highest BCUT2D eigenvalue weighted by Crippen LogP contribution is 2.32. The molecule has 0 bridgehead atoms. The minimum atomic E-state index is -0.861. The Hall–Kier alpha value is -3.15. The SMILES string of the molecule is CC(=O)Nc1ccc(CC(=O)O[C@H](C)C(=O)N2c3ccccc3C[C@H]2C)cc1. The molecule has 0 unspecified atom stereocenters. The fourth-order valence-electron chi connectivity index (χ4n) is 3.46. The fourth-order valence-corrected chi connectivity index (χ4v) is 3.46. The van der Waals surface area contributed by atoms with Crippen molar-refractivity contribution in [2.24, 2.45) is 0 Å². The maximum absolute atomic E-state index is 12.9. The Morgan fingerprint density at radius 1 is 1.14 bits per heavy atom. The third-order valence-electron chi connectivity index (χ3n) is 4.72. The van der Waals surface area contributed by atoms with Crippen LogP contribution in [0.15, 0.2) is 48.5 Å². The van der Waals surface area contributed by atoms with E-state index in [0.717, 1.165) is 23.2 Å². The predicted octanol–water partition coefficient (Wildman–Crippen LogP) is 3.10. The van der Waals surface area contributed by atoms with Crippen LogP contribution in [0, 0.1) is 0 Å². The molecule has 0 aliphatic carbocycles. The van der Waals surface area contributed by atoms with Crippen molar-refractivity contribution in [2.75, 3.05) is 10.2 Å². The van der Waals surface area contributed by atoms with Crippen LogP contribution < -0.4 is 10.2 Å². The molecule has 1 N–H and O–H groups in total. The van der Waals surface area contributed by atoms with Crippen LogP contribution >= 0.6 is 0 Å². The van der Waals surface area contributed by atoms with Crippen molar-refractivity contribution >= 4 is 29.2 Å². The van der Waals surface area contributed by atoms with Crippen molar-refractivity contribution in [1.82, 2.24) is 0 Å². The summed E-state index contributed by atoms with van der Waals surface area (Å²) in [6.45, 7) is 5.03. The Morgan fingerprint density at radius 2 is 1.82 bits per heavy atom. The number of carbonyl (C=O) groups excluding carboxylic acids is 3. The van der Waals surface area contributed by atoms with E-state index in [9.17, 15) is 14.4 Å². The standard InChI is InChI=1S/C22H24N2O4/c1-14-12-18-6-4-5-7-20(18)24(14)22(27)15(2)28-21(26)13-17-8-10-19(11-9-17)23-16(3)25/h4-11,14-15H,12-13H2,1-3H3,(H,23,25)/t14-,15-/m1/s1. The van der Waals surface area contributed by atoms with E-state index in [4.69, 9.17) is 4.74 Å². The minimum absolute atomic E-state index is 0.0346. The molecule has 0 fully saturated rings. The van der Waals surface area contributed by atoms with Gasteiger partial charge in [0.2, 0.25) is 5.91 Å². The smallest absolute Gasteiger partial charge is 0.311 e. The number of rotatable bonds is 5. The summed E-state index contributed by atoms with van der Waals surface area (Å²) in [6.07, 6.45) is -0.00683. The lowest BCUT2D eigenvalue weighted by atomic mass is 10.1. The van der Waals surface area contributed by atoms with Crippen molar-refractivity contribution in [3.63, 3.8) is 0 Å². The molecule has 2 aromatic carbocycles. The van der Waals surface area contributed by atoms with Crippen LogP contribution in [-0.2, 0) is 32.0 Å². The molecular weight excluding hydrogens is 356 g/mol. The second kappa shape index (κ2) is 8.25. The van der Waals surface area contributed by atoms with E-state index < -0.39 is 12.1 Å². The van der Waals surface area contributed by atoms with Crippen LogP contribution in [0.25, 0.3) is 0 Å². The van der Waals surface area contributed by atoms with Gasteiger partial charge in [-0.05, 0) is 49.6 Å². The van der Waals surface area contributed by atoms with Crippen LogP contribution in [0.2, 0.25) is 0 Å². The Morgan fingerprint density at radius 3 is 2.50 bits per heavy atom. The normalized spacial score (nSPS) is 16.2. The second-order valence-electron chi connectivity index (χ2n) is 7.08. The number of nitrogens with zero attached hydrogens (tertiary/aromatic N) is 1. The van der Waals surface area contributed by atoms with Gasteiger partial charge in [-0.3, -0.25) is 14.4 Å². The molecule has 2 atom stereocenters. The topological polar surface area (TPSA) is 75.7 Å². The van der Waals surface area contributed by atoms with Crippen molar-refractivity contribution in [2.45, 2.75) is 45.8 Å². The first-order chi connectivity index (χ1) is 13.3. The van der Waals surface area contributed by atoms with Gasteiger partial charge in [0, 0.05) is 24.3 Å². The summed E-state index contributed by atoms with van der Waals surface area (Å²) >= 11 is 0. The zero-order valence-electron chi connectivity index (χ0n) is 16.3. The zero-order valence-corrected chi connectivity index (χ0v) is 16.3. The maximum atomic E-state index is 12.9. The Bertz CT molecular complexity index is 892. The summed E-state index contributed by atoms with van der Waals surface area (Å²) in [5.41, 5.74) is 3.42. The highest BCUT2D eigenvalue weighted by atomic mass is 16.5. The number of carbonyl (C=O) groups is 3. The van der Waals surface area contributed by atoms with Gasteiger partial charge in [-0.15, -0.1) is 0 Å². The molecule has 28 heavy (non-hydrogen) atoms. The summed E-state index contributed by atoms with van der Waals surface area (Å²) in [5.74, 6) is -0.836. The van der Waals surface area contributed by atoms with E-state index >= 15 is 0 Å². The Balaban J connectivity index is 1.59. The number of ether oxygens (including phenoxy) is 1. The number of fused-ring (bicyclic) bond motifs is 1. The van der Waals surface area contributed by atoms with Gasteiger partial charge in [0.05, 0.1) is 6.42 Å². The minimum Gasteiger partial charge on any atom is -0.452 e. The lowest BCUT2D eigenvalue weighted by molar-refractivity contribution is -0.153. The van der Waals surface area contributed by atoms with Crippen LogP contribution in [0.3, 0.4) is 0 Å². The van der Waals surface area contributed by atoms with E-state index in [-0.39, 0.29) is 24.3 Å². The number of amides is 2. The number of benzene rings is 2. The van der Waals surface area contributed by atoms with Crippen LogP contribution in [0.1, 0.15) is 31.9 Å². The van der Waals surface area contributed by atoms with Crippen molar-refractivity contribution in [3.05, 3.63) is 59.7 Å². The van der Waals surface area contributed by atoms with Crippen LogP contribution in [-0.4, -0.2) is 29.9 Å². The average molecular weight is 380 g/mol. The van der Waals surface area contributed by atoms with Crippen molar-refractivity contribution in [3.8, 4) is 0 Å². The fraction of sp³-hybridized carbons (Fsp3) is 0.318. The number of para-hydroxylation sites is 1. The summed E-state index contributed by atoms with van der Waals surface area (Å²) < 4.78 is 5.39. The van der Waals surface area contributed by atoms with Gasteiger partial charge in [-0.2, -0.15) is 0 Å². The zero-order chi connectivity index (χ0) is 20.3. The van der Waals surface area contributed by atoms with Gasteiger partial charge in [-0.25, -0.2) is 0 Å². The molecule has 1 aliphatic rings. The summed E-state index contributed by atoms with van der Waals surface area (Å²) in [7, 11) is 0. The molecule has 0 spiro atoms. The third-order valence-corrected chi connectivity index (χ3v) is 4.72. The first kappa shape index (κ1) is 19.6. The predicted molar refractivity (Wildman–Crippen MR) is 107 cm³/mol. The van der Waals surface area contributed by atoms with Crippen molar-refractivity contribution in [1.29, 1.82) is 0 Å². The lowest BCUT2D eigenvalue weighted by Crippen LogP contribution is -2.43. The molecule has 3 rings (SSSR count). The molecule has 0 saturated carbocycles. The van der Waals surface area contributed by atoms with E-state index in [1.165, 1.54) is 6.92 Å². The van der Waals surface area contributed by atoms with Gasteiger partial charge in [0.1, 0.15) is 0 Å². The largest absolute Gasteiger partial charge is 0.452 e. The quantitative estimate of drug-likeness (QED) is 0.809.